The van der Waals surface area contributed by atoms with E-state index in [0.717, 1.165) is 12.8 Å². The third-order valence-corrected chi connectivity index (χ3v) is 4.69. The zero-order chi connectivity index (χ0) is 21.4. The first-order chi connectivity index (χ1) is 13.8. The molecule has 0 aliphatic heterocycles. The molecule has 31 heavy (non-hydrogen) atoms. The summed E-state index contributed by atoms with van der Waals surface area (Å²) < 4.78 is 1.51. The van der Waals surface area contributed by atoms with Crippen molar-refractivity contribution in [2.24, 2.45) is 0 Å². The second-order valence-corrected chi connectivity index (χ2v) is 10.6. The van der Waals surface area contributed by atoms with Gasteiger partial charge in [0.05, 0.1) is 0 Å². The van der Waals surface area contributed by atoms with Gasteiger partial charge in [0, 0.05) is 12.1 Å². The van der Waals surface area contributed by atoms with Crippen LogP contribution in [-0.4, -0.2) is 15.3 Å². The molecule has 2 aromatic rings. The van der Waals surface area contributed by atoms with Gasteiger partial charge in [0.2, 0.25) is 0 Å². The summed E-state index contributed by atoms with van der Waals surface area (Å²) in [6.45, 7) is 13.3. The zero-order valence-corrected chi connectivity index (χ0v) is 23.4. The van der Waals surface area contributed by atoms with Crippen molar-refractivity contribution in [2.45, 2.75) is 66.5 Å². The number of allylic oxidation sites excluding steroid dienone is 4. The van der Waals surface area contributed by atoms with Crippen molar-refractivity contribution >= 4 is 8.89 Å². The van der Waals surface area contributed by atoms with Gasteiger partial charge in [-0.3, -0.25) is 6.08 Å². The minimum Gasteiger partial charge on any atom is -1.00 e. The Bertz CT molecular complexity index is 863. The SMILES string of the molecule is CC(C)N(c1cc[c-]c2c1-c1ccccc1C2)C(C)C.C[C](C)=[Zr+2].[C-]1=CC=CC1.[Cl-].[Cl-]. The van der Waals surface area contributed by atoms with Crippen LogP contribution >= 0.6 is 0 Å². The van der Waals surface area contributed by atoms with Gasteiger partial charge < -0.3 is 29.7 Å². The number of benzene rings is 2. The van der Waals surface area contributed by atoms with Gasteiger partial charge >= 0.3 is 41.3 Å². The Morgan fingerprint density at radius 1 is 1.00 bits per heavy atom. The Morgan fingerprint density at radius 3 is 2.10 bits per heavy atom. The second-order valence-electron chi connectivity index (χ2n) is 8.15. The molecule has 2 aliphatic carbocycles. The molecule has 0 unspecified atom stereocenters. The van der Waals surface area contributed by atoms with Crippen LogP contribution in [0, 0.1) is 12.1 Å². The zero-order valence-electron chi connectivity index (χ0n) is 19.5. The van der Waals surface area contributed by atoms with E-state index in [1.165, 1.54) is 31.1 Å². The number of fused-ring (bicyclic) bond motifs is 3. The smallest absolute Gasteiger partial charge is 0.109 e. The van der Waals surface area contributed by atoms with Crippen molar-refractivity contribution in [3.05, 3.63) is 77.9 Å². The first-order valence-electron chi connectivity index (χ1n) is 10.5. The number of hydrogen-bond donors (Lipinski definition) is 0. The average Bonchev–Trinajstić information content (AvgIpc) is 3.32. The molecule has 0 radical (unpaired) electrons. The molecule has 2 aliphatic rings. The number of halogens is 2. The van der Waals surface area contributed by atoms with Gasteiger partial charge in [-0.25, -0.2) is 12.2 Å². The predicted octanol–water partition coefficient (Wildman–Crippen LogP) is 0.740. The van der Waals surface area contributed by atoms with Crippen LogP contribution in [0.5, 0.6) is 0 Å². The van der Waals surface area contributed by atoms with Gasteiger partial charge in [-0.2, -0.15) is 18.2 Å². The molecule has 0 N–H and O–H groups in total. The van der Waals surface area contributed by atoms with Crippen molar-refractivity contribution in [3.8, 4) is 11.1 Å². The maximum absolute atomic E-state index is 3.44. The molecule has 0 bridgehead atoms. The maximum atomic E-state index is 3.44. The first kappa shape index (κ1) is 30.1. The van der Waals surface area contributed by atoms with Gasteiger partial charge in [-0.05, 0) is 34.1 Å². The van der Waals surface area contributed by atoms with E-state index in [2.05, 4.69) is 101 Å². The van der Waals surface area contributed by atoms with E-state index >= 15 is 0 Å². The molecule has 0 saturated carbocycles. The maximum Gasteiger partial charge on any atom is -0.109 e. The predicted molar refractivity (Wildman–Crippen MR) is 124 cm³/mol. The van der Waals surface area contributed by atoms with E-state index in [-0.39, 0.29) is 24.8 Å². The summed E-state index contributed by atoms with van der Waals surface area (Å²) in [4.78, 5) is 2.51. The number of anilines is 1. The van der Waals surface area contributed by atoms with Crippen LogP contribution in [0.3, 0.4) is 0 Å². The molecule has 4 rings (SSSR count). The molecule has 0 saturated heterocycles. The molecule has 1 nitrogen and oxygen atoms in total. The van der Waals surface area contributed by atoms with E-state index in [9.17, 15) is 0 Å². The van der Waals surface area contributed by atoms with Gasteiger partial charge in [-0.15, -0.1) is 23.6 Å². The van der Waals surface area contributed by atoms with Crippen LogP contribution in [0.15, 0.2) is 54.6 Å². The fourth-order valence-corrected chi connectivity index (χ4v) is 3.79. The molecule has 0 atom stereocenters. The van der Waals surface area contributed by atoms with E-state index in [0.29, 0.717) is 12.1 Å². The molecule has 4 heteroatoms. The van der Waals surface area contributed by atoms with E-state index < -0.39 is 0 Å². The summed E-state index contributed by atoms with van der Waals surface area (Å²) in [5.74, 6) is 0. The molecule has 2 aromatic carbocycles. The third-order valence-electron chi connectivity index (χ3n) is 4.69. The topological polar surface area (TPSA) is 3.24 Å². The van der Waals surface area contributed by atoms with Crippen molar-refractivity contribution in [1.82, 2.24) is 0 Å². The minimum absolute atomic E-state index is 0. The molecule has 0 heterocycles. The molecule has 0 aromatic heterocycles. The van der Waals surface area contributed by atoms with Crippen LogP contribution in [0.25, 0.3) is 11.1 Å². The van der Waals surface area contributed by atoms with Crippen molar-refractivity contribution in [2.75, 3.05) is 4.90 Å². The fraction of sp³-hybridized carbons (Fsp3) is 0.370. The van der Waals surface area contributed by atoms with E-state index in [1.54, 1.807) is 24.2 Å². The molecule has 0 spiro atoms. The van der Waals surface area contributed by atoms with Gasteiger partial charge in [-0.1, -0.05) is 41.1 Å². The Labute approximate surface area is 217 Å². The Balaban J connectivity index is 0.000000691. The van der Waals surface area contributed by atoms with Crippen LogP contribution in [0.1, 0.15) is 59.1 Å². The van der Waals surface area contributed by atoms with Crippen molar-refractivity contribution < 1.29 is 49.0 Å². The monoisotopic (exact) mass is 531 g/mol. The molecular formula is C27H33Cl2NZr-2. The van der Waals surface area contributed by atoms with Gasteiger partial charge in [0.1, 0.15) is 0 Å². The normalized spacial score (nSPS) is 11.9. The molecule has 0 amide bonds. The number of hydrogen-bond acceptors (Lipinski definition) is 1. The van der Waals surface area contributed by atoms with Crippen molar-refractivity contribution in [1.29, 1.82) is 0 Å². The standard InChI is InChI=1S/C19H22N.C5H5.C3H6.2ClH.Zr/c1-13(2)20(14(3)4)18-11-7-9-16-12-15-8-5-6-10-17(15)19(16)18;1-2-4-5-3-1;1-3-2;;;/h5-8,10-11,13-14H,12H2,1-4H3;1-3H,4H2;1-2H3;2*1H;/q2*-1;;;;+2/p-2. The van der Waals surface area contributed by atoms with Crippen LogP contribution in [-0.2, 0) is 30.7 Å². The van der Waals surface area contributed by atoms with Crippen molar-refractivity contribution in [3.63, 3.8) is 0 Å². The Morgan fingerprint density at radius 2 is 1.61 bits per heavy atom. The first-order valence-corrected chi connectivity index (χ1v) is 11.7. The average molecular weight is 534 g/mol. The Kier molecular flexibility index (Phi) is 14.5. The largest absolute Gasteiger partial charge is 1.00 e. The Hall–Kier alpha value is -0.947. The fourth-order valence-electron chi connectivity index (χ4n) is 3.79. The summed E-state index contributed by atoms with van der Waals surface area (Å²) in [7, 11) is 0. The summed E-state index contributed by atoms with van der Waals surface area (Å²) in [5.41, 5.74) is 6.91. The minimum atomic E-state index is 0. The number of nitrogens with zero attached hydrogens (tertiary/aromatic N) is 1. The molecular weight excluding hydrogens is 500 g/mol. The van der Waals surface area contributed by atoms with E-state index in [1.807, 2.05) is 12.2 Å². The van der Waals surface area contributed by atoms with Gasteiger partial charge in [0.25, 0.3) is 0 Å². The van der Waals surface area contributed by atoms with Crippen LogP contribution < -0.4 is 29.7 Å². The number of rotatable bonds is 3. The summed E-state index contributed by atoms with van der Waals surface area (Å²) >= 11 is 1.55. The van der Waals surface area contributed by atoms with Crippen LogP contribution in [0.4, 0.5) is 5.69 Å². The van der Waals surface area contributed by atoms with Crippen LogP contribution in [0.2, 0.25) is 0 Å². The summed E-state index contributed by atoms with van der Waals surface area (Å²) in [5, 5.41) is 0. The van der Waals surface area contributed by atoms with Gasteiger partial charge in [0.15, 0.2) is 0 Å². The summed E-state index contributed by atoms with van der Waals surface area (Å²) in [6, 6.07) is 17.5. The van der Waals surface area contributed by atoms with E-state index in [4.69, 9.17) is 0 Å². The quantitative estimate of drug-likeness (QED) is 0.449. The molecule has 0 fully saturated rings. The molecule has 166 valence electrons. The third kappa shape index (κ3) is 8.84. The summed E-state index contributed by atoms with van der Waals surface area (Å²) in [6.07, 6.45) is 11.0. The second kappa shape index (κ2) is 15.0.